The lowest BCUT2D eigenvalue weighted by Crippen LogP contribution is -2.31. The van der Waals surface area contributed by atoms with Crippen molar-refractivity contribution in [1.29, 1.82) is 0 Å². The van der Waals surface area contributed by atoms with Crippen LogP contribution >= 0.6 is 35.7 Å². The topological polar surface area (TPSA) is 37.4 Å². The molecule has 0 radical (unpaired) electrons. The average molecular weight is 742 g/mol. The minimum Gasteiger partial charge on any atom is -0.274 e. The Balaban J connectivity index is 1.95. The van der Waals surface area contributed by atoms with Gasteiger partial charge >= 0.3 is 0 Å². The van der Waals surface area contributed by atoms with Crippen molar-refractivity contribution >= 4 is 52.4 Å². The first-order chi connectivity index (χ1) is 23.7. The number of allylic oxidation sites excluding steroid dienone is 4. The van der Waals surface area contributed by atoms with E-state index in [0.29, 0.717) is 17.7 Å². The molecule has 0 spiro atoms. The first kappa shape index (κ1) is 43.2. The number of nitrogens with zero attached hydrogens (tertiary/aromatic N) is 1. The van der Waals surface area contributed by atoms with Crippen LogP contribution in [-0.4, -0.2) is 28.5 Å². The number of carbonyl (C=O) groups is 2. The number of thiol groups is 1. The van der Waals surface area contributed by atoms with Gasteiger partial charge in [0.15, 0.2) is 0 Å². The molecule has 0 bridgehead atoms. The van der Waals surface area contributed by atoms with Gasteiger partial charge < -0.3 is 0 Å². The van der Waals surface area contributed by atoms with E-state index in [2.05, 4.69) is 81.4 Å². The van der Waals surface area contributed by atoms with Crippen molar-refractivity contribution in [3.05, 3.63) is 49.1 Å². The highest BCUT2D eigenvalue weighted by Gasteiger charge is 2.45. The van der Waals surface area contributed by atoms with Crippen molar-refractivity contribution in [1.82, 2.24) is 4.90 Å². The van der Waals surface area contributed by atoms with Crippen LogP contribution in [0.4, 0.5) is 0 Å². The summed E-state index contributed by atoms with van der Waals surface area (Å²) in [6.07, 6.45) is 24.3. The summed E-state index contributed by atoms with van der Waals surface area (Å²) in [6.45, 7) is 23.1. The normalized spacial score (nSPS) is 18.5. The van der Waals surface area contributed by atoms with Crippen LogP contribution in [0.2, 0.25) is 0 Å². The summed E-state index contributed by atoms with van der Waals surface area (Å²) in [7, 11) is 0. The molecule has 3 rings (SSSR count). The Hall–Kier alpha value is -1.24. The number of hydrogen-bond donors (Lipinski definition) is 1. The molecular formula is C44H71NO2S3. The van der Waals surface area contributed by atoms with E-state index in [1.807, 2.05) is 11.8 Å². The monoisotopic (exact) mass is 741 g/mol. The number of amides is 2. The highest BCUT2D eigenvalue weighted by atomic mass is 32.2. The van der Waals surface area contributed by atoms with E-state index >= 15 is 0 Å². The van der Waals surface area contributed by atoms with Gasteiger partial charge in [0.2, 0.25) is 0 Å². The Morgan fingerprint density at radius 1 is 0.880 bits per heavy atom. The quantitative estimate of drug-likeness (QED) is 0.0626. The molecule has 0 aromatic carbocycles. The highest BCUT2D eigenvalue weighted by Crippen LogP contribution is 2.53. The van der Waals surface area contributed by atoms with E-state index < -0.39 is 0 Å². The van der Waals surface area contributed by atoms with Crippen LogP contribution in [0.25, 0.3) is 4.91 Å². The molecule has 282 valence electrons. The predicted molar refractivity (Wildman–Crippen MR) is 226 cm³/mol. The Kier molecular flexibility index (Phi) is 17.5. The van der Waals surface area contributed by atoms with Crippen LogP contribution < -0.4 is 0 Å². The van der Waals surface area contributed by atoms with E-state index in [9.17, 15) is 9.59 Å². The lowest BCUT2D eigenvalue weighted by atomic mass is 9.86. The van der Waals surface area contributed by atoms with Gasteiger partial charge in [-0.05, 0) is 66.6 Å². The fourth-order valence-corrected chi connectivity index (χ4v) is 10.7. The third kappa shape index (κ3) is 12.2. The van der Waals surface area contributed by atoms with E-state index in [1.165, 1.54) is 67.4 Å². The Morgan fingerprint density at radius 2 is 1.52 bits per heavy atom. The van der Waals surface area contributed by atoms with Crippen LogP contribution in [0.5, 0.6) is 0 Å². The van der Waals surface area contributed by atoms with Crippen LogP contribution in [-0.2, 0) is 5.41 Å². The SMILES string of the molecule is CCCCCCCCN1C(=O)c2c(C3=C(CCCC)CCC(/C(S)=C/C/C(=C/C(C)(C)C)CC(CC)CCCC)S3)sc(C(C)(C)C)c2C1=O. The van der Waals surface area contributed by atoms with Gasteiger partial charge in [0.25, 0.3) is 11.8 Å². The zero-order valence-electron chi connectivity index (χ0n) is 33.6. The molecular weight excluding hydrogens is 671 g/mol. The second-order valence-corrected chi connectivity index (χ2v) is 19.8. The fourth-order valence-electron chi connectivity index (χ4n) is 7.39. The van der Waals surface area contributed by atoms with Crippen molar-refractivity contribution in [2.45, 2.75) is 189 Å². The maximum atomic E-state index is 14.2. The molecule has 1 aromatic heterocycles. The molecule has 3 heterocycles. The van der Waals surface area contributed by atoms with Crippen LogP contribution in [0.3, 0.4) is 0 Å². The molecule has 6 heteroatoms. The molecule has 2 aliphatic heterocycles. The van der Waals surface area contributed by atoms with Crippen LogP contribution in [0.15, 0.2) is 28.2 Å². The molecule has 0 saturated heterocycles. The average Bonchev–Trinajstić information content (AvgIpc) is 3.57. The number of thioether (sulfide) groups is 1. The molecule has 0 saturated carbocycles. The van der Waals surface area contributed by atoms with Gasteiger partial charge in [-0.15, -0.1) is 35.7 Å². The van der Waals surface area contributed by atoms with Gasteiger partial charge in [-0.2, -0.15) is 0 Å². The molecule has 0 aliphatic carbocycles. The largest absolute Gasteiger partial charge is 0.274 e. The van der Waals surface area contributed by atoms with Crippen molar-refractivity contribution in [2.24, 2.45) is 11.3 Å². The second kappa shape index (κ2) is 20.3. The number of unbranched alkanes of at least 4 members (excludes halogenated alkanes) is 7. The van der Waals surface area contributed by atoms with Crippen molar-refractivity contribution < 1.29 is 9.59 Å². The van der Waals surface area contributed by atoms with Gasteiger partial charge in [0, 0.05) is 21.6 Å². The second-order valence-electron chi connectivity index (χ2n) is 17.1. The summed E-state index contributed by atoms with van der Waals surface area (Å²) in [4.78, 5) is 34.3. The van der Waals surface area contributed by atoms with Crippen LogP contribution in [0, 0.1) is 11.3 Å². The Labute approximate surface area is 321 Å². The fraction of sp³-hybridized carbons (Fsp3) is 0.727. The third-order valence-electron chi connectivity index (χ3n) is 10.2. The summed E-state index contributed by atoms with van der Waals surface area (Å²) >= 11 is 8.82. The molecule has 2 unspecified atom stereocenters. The van der Waals surface area contributed by atoms with Gasteiger partial charge in [-0.3, -0.25) is 14.5 Å². The minimum absolute atomic E-state index is 0.0717. The summed E-state index contributed by atoms with van der Waals surface area (Å²) in [5.74, 6) is 0.590. The molecule has 1 aromatic rings. The van der Waals surface area contributed by atoms with Gasteiger partial charge in [-0.1, -0.05) is 157 Å². The number of carbonyl (C=O) groups excluding carboxylic acids is 2. The molecule has 2 aliphatic rings. The lowest BCUT2D eigenvalue weighted by molar-refractivity contribution is 0.0650. The van der Waals surface area contributed by atoms with E-state index in [0.717, 1.165) is 78.4 Å². The number of fused-ring (bicyclic) bond motifs is 1. The van der Waals surface area contributed by atoms with Crippen LogP contribution in [0.1, 0.15) is 209 Å². The first-order valence-corrected chi connectivity index (χ1v) is 22.3. The zero-order chi connectivity index (χ0) is 37.1. The summed E-state index contributed by atoms with van der Waals surface area (Å²) < 4.78 is 0. The molecule has 2 atom stereocenters. The molecule has 3 nitrogen and oxygen atoms in total. The molecule has 50 heavy (non-hydrogen) atoms. The summed E-state index contributed by atoms with van der Waals surface area (Å²) in [5.41, 5.74) is 4.29. The number of thiophene rings is 1. The lowest BCUT2D eigenvalue weighted by Gasteiger charge is -2.28. The molecule has 2 amide bonds. The van der Waals surface area contributed by atoms with Crippen molar-refractivity contribution in [2.75, 3.05) is 6.54 Å². The van der Waals surface area contributed by atoms with E-state index in [1.54, 1.807) is 16.2 Å². The Bertz CT molecular complexity index is 1370. The molecule has 0 N–H and O–H groups in total. The maximum absolute atomic E-state index is 14.2. The number of hydrogen-bond acceptors (Lipinski definition) is 5. The summed E-state index contributed by atoms with van der Waals surface area (Å²) in [6, 6.07) is 0. The highest BCUT2D eigenvalue weighted by molar-refractivity contribution is 8.10. The van der Waals surface area contributed by atoms with Gasteiger partial charge in [0.1, 0.15) is 0 Å². The Morgan fingerprint density at radius 3 is 2.14 bits per heavy atom. The van der Waals surface area contributed by atoms with Crippen molar-refractivity contribution in [3.8, 4) is 0 Å². The third-order valence-corrected chi connectivity index (χ3v) is 14.1. The first-order valence-electron chi connectivity index (χ1n) is 20.2. The van der Waals surface area contributed by atoms with Gasteiger partial charge in [-0.25, -0.2) is 0 Å². The number of imide groups is 1. The van der Waals surface area contributed by atoms with Gasteiger partial charge in [0.05, 0.1) is 16.0 Å². The number of rotatable bonds is 20. The molecule has 0 fully saturated rings. The maximum Gasteiger partial charge on any atom is 0.263 e. The minimum atomic E-state index is -0.222. The zero-order valence-corrected chi connectivity index (χ0v) is 36.1. The predicted octanol–water partition coefficient (Wildman–Crippen LogP) is 14.6. The van der Waals surface area contributed by atoms with Crippen molar-refractivity contribution in [3.63, 3.8) is 0 Å². The standard InChI is InChI=1S/C44H71NO2S3/c1-11-15-18-19-20-21-28-45-41(46)36-37(42(45)47)40(44(8,9)10)50-39(36)38-33(23-17-13-3)25-27-35(49-38)34(48)26-24-32(30-43(5,6)7)29-31(14-4)22-16-12-2/h26,30-31,35,48H,11-25,27-29H2,1-10H3/b32-30-,34-26-. The van der Waals surface area contributed by atoms with E-state index in [-0.39, 0.29) is 27.9 Å². The smallest absolute Gasteiger partial charge is 0.263 e. The van der Waals surface area contributed by atoms with E-state index in [4.69, 9.17) is 12.6 Å². The summed E-state index contributed by atoms with van der Waals surface area (Å²) in [5, 5.41) is 0.249.